The van der Waals surface area contributed by atoms with Crippen LogP contribution in [0.1, 0.15) is 22.8 Å². The minimum atomic E-state index is 0.315. The number of hydrogen-bond donors (Lipinski definition) is 0. The second kappa shape index (κ2) is 4.83. The zero-order valence-electron chi connectivity index (χ0n) is 10.4. The van der Waals surface area contributed by atoms with Crippen LogP contribution in [0.2, 0.25) is 0 Å². The molecule has 2 aromatic rings. The van der Waals surface area contributed by atoms with Crippen molar-refractivity contribution >= 4 is 0 Å². The molecule has 2 nitrogen and oxygen atoms in total. The molecule has 1 saturated heterocycles. The maximum Gasteiger partial charge on any atom is 0.119 e. The second-order valence-electron chi connectivity index (χ2n) is 4.61. The number of ether oxygens (including phenoxy) is 2. The van der Waals surface area contributed by atoms with E-state index in [1.54, 1.807) is 0 Å². The average molecular weight is 240 g/mol. The summed E-state index contributed by atoms with van der Waals surface area (Å²) in [6.45, 7) is 3.57. The fraction of sp³-hybridized carbons (Fsp3) is 0.250. The molecule has 0 aromatic heterocycles. The van der Waals surface area contributed by atoms with Gasteiger partial charge in [-0.2, -0.15) is 0 Å². The summed E-state index contributed by atoms with van der Waals surface area (Å²) >= 11 is 0. The fourth-order valence-electron chi connectivity index (χ4n) is 1.95. The molecule has 92 valence electrons. The number of epoxide rings is 1. The van der Waals surface area contributed by atoms with Crippen molar-refractivity contribution in [3.05, 3.63) is 65.2 Å². The molecule has 0 bridgehead atoms. The molecule has 0 amide bonds. The average Bonchev–Trinajstić information content (AvgIpc) is 3.23. The van der Waals surface area contributed by atoms with Crippen LogP contribution >= 0.6 is 0 Å². The van der Waals surface area contributed by atoms with Crippen molar-refractivity contribution in [1.82, 2.24) is 0 Å². The summed E-state index contributed by atoms with van der Waals surface area (Å²) in [4.78, 5) is 0. The Bertz CT molecular complexity index is 527. The van der Waals surface area contributed by atoms with Crippen LogP contribution in [0.3, 0.4) is 0 Å². The molecule has 0 spiro atoms. The molecule has 3 rings (SSSR count). The fourth-order valence-corrected chi connectivity index (χ4v) is 1.95. The summed E-state index contributed by atoms with van der Waals surface area (Å²) in [6, 6.07) is 16.5. The first-order valence-electron chi connectivity index (χ1n) is 6.22. The van der Waals surface area contributed by atoms with Gasteiger partial charge in [0.1, 0.15) is 18.5 Å². The van der Waals surface area contributed by atoms with Gasteiger partial charge in [-0.1, -0.05) is 36.4 Å². The normalized spacial score (nSPS) is 17.5. The van der Waals surface area contributed by atoms with Crippen molar-refractivity contribution < 1.29 is 9.47 Å². The summed E-state index contributed by atoms with van der Waals surface area (Å²) in [5.74, 6) is 0.905. The van der Waals surface area contributed by atoms with E-state index in [4.69, 9.17) is 9.47 Å². The van der Waals surface area contributed by atoms with Gasteiger partial charge >= 0.3 is 0 Å². The third-order valence-electron chi connectivity index (χ3n) is 3.24. The molecule has 1 fully saturated rings. The van der Waals surface area contributed by atoms with Gasteiger partial charge in [0, 0.05) is 0 Å². The molecule has 0 N–H and O–H groups in total. The van der Waals surface area contributed by atoms with Crippen LogP contribution < -0.4 is 4.74 Å². The van der Waals surface area contributed by atoms with E-state index in [2.05, 4.69) is 31.2 Å². The zero-order valence-corrected chi connectivity index (χ0v) is 10.4. The molecule has 1 heterocycles. The summed E-state index contributed by atoms with van der Waals surface area (Å²) < 4.78 is 11.0. The Kier molecular flexibility index (Phi) is 3.03. The molecule has 0 saturated carbocycles. The van der Waals surface area contributed by atoms with Crippen LogP contribution in [0.5, 0.6) is 5.75 Å². The predicted molar refractivity (Wildman–Crippen MR) is 70.6 cm³/mol. The van der Waals surface area contributed by atoms with Gasteiger partial charge in [-0.05, 0) is 35.7 Å². The minimum absolute atomic E-state index is 0.315. The first kappa shape index (κ1) is 11.3. The van der Waals surface area contributed by atoms with Crippen LogP contribution in [-0.4, -0.2) is 6.61 Å². The molecule has 1 atom stereocenters. The zero-order chi connectivity index (χ0) is 12.4. The van der Waals surface area contributed by atoms with Gasteiger partial charge in [0.25, 0.3) is 0 Å². The molecule has 0 aliphatic carbocycles. The highest BCUT2D eigenvalue weighted by Gasteiger charge is 2.24. The summed E-state index contributed by atoms with van der Waals surface area (Å²) in [5.41, 5.74) is 3.73. The third kappa shape index (κ3) is 2.54. The summed E-state index contributed by atoms with van der Waals surface area (Å²) in [5, 5.41) is 0. The molecular weight excluding hydrogens is 224 g/mol. The Hall–Kier alpha value is -1.80. The van der Waals surface area contributed by atoms with Crippen molar-refractivity contribution in [1.29, 1.82) is 0 Å². The van der Waals surface area contributed by atoms with E-state index in [0.717, 1.165) is 12.4 Å². The highest BCUT2D eigenvalue weighted by molar-refractivity contribution is 5.31. The molecule has 1 aliphatic rings. The number of benzene rings is 2. The molecule has 0 radical (unpaired) electrons. The molecule has 2 aromatic carbocycles. The standard InChI is InChI=1S/C16H16O2/c1-12-4-2-3-5-14(12)10-17-15-8-6-13(7-9-15)16-11-18-16/h2-9,16H,10-11H2,1H3/t16-/m1/s1. The smallest absolute Gasteiger partial charge is 0.119 e. The van der Waals surface area contributed by atoms with Gasteiger partial charge < -0.3 is 9.47 Å². The maximum absolute atomic E-state index is 5.79. The van der Waals surface area contributed by atoms with Crippen molar-refractivity contribution in [2.45, 2.75) is 19.6 Å². The van der Waals surface area contributed by atoms with Crippen LogP contribution in [-0.2, 0) is 11.3 Å². The van der Waals surface area contributed by atoms with Crippen LogP contribution in [0.4, 0.5) is 0 Å². The topological polar surface area (TPSA) is 21.8 Å². The molecule has 18 heavy (non-hydrogen) atoms. The van der Waals surface area contributed by atoms with Crippen molar-refractivity contribution in [2.75, 3.05) is 6.61 Å². The lowest BCUT2D eigenvalue weighted by Crippen LogP contribution is -1.97. The third-order valence-corrected chi connectivity index (χ3v) is 3.24. The molecule has 0 unspecified atom stereocenters. The van der Waals surface area contributed by atoms with E-state index in [9.17, 15) is 0 Å². The van der Waals surface area contributed by atoms with E-state index >= 15 is 0 Å². The van der Waals surface area contributed by atoms with Gasteiger partial charge in [-0.15, -0.1) is 0 Å². The van der Waals surface area contributed by atoms with Crippen LogP contribution in [0, 0.1) is 6.92 Å². The van der Waals surface area contributed by atoms with Crippen molar-refractivity contribution in [3.63, 3.8) is 0 Å². The highest BCUT2D eigenvalue weighted by atomic mass is 16.6. The van der Waals surface area contributed by atoms with Gasteiger partial charge in [0.15, 0.2) is 0 Å². The molecule has 1 aliphatic heterocycles. The second-order valence-corrected chi connectivity index (χ2v) is 4.61. The Balaban J connectivity index is 1.64. The van der Waals surface area contributed by atoms with E-state index in [1.807, 2.05) is 24.3 Å². The number of hydrogen-bond acceptors (Lipinski definition) is 2. The van der Waals surface area contributed by atoms with Crippen molar-refractivity contribution in [2.24, 2.45) is 0 Å². The van der Waals surface area contributed by atoms with Gasteiger partial charge in [0.05, 0.1) is 6.61 Å². The van der Waals surface area contributed by atoms with Crippen LogP contribution in [0.25, 0.3) is 0 Å². The Labute approximate surface area is 107 Å². The highest BCUT2D eigenvalue weighted by Crippen LogP contribution is 2.30. The summed E-state index contributed by atoms with van der Waals surface area (Å²) in [6.07, 6.45) is 0.315. The van der Waals surface area contributed by atoms with E-state index in [1.165, 1.54) is 16.7 Å². The van der Waals surface area contributed by atoms with Gasteiger partial charge in [-0.25, -0.2) is 0 Å². The number of rotatable bonds is 4. The van der Waals surface area contributed by atoms with Crippen LogP contribution in [0.15, 0.2) is 48.5 Å². The Morgan fingerprint density at radius 2 is 1.83 bits per heavy atom. The predicted octanol–water partition coefficient (Wildman–Crippen LogP) is 3.65. The Morgan fingerprint density at radius 3 is 2.50 bits per heavy atom. The molecular formula is C16H16O2. The quantitative estimate of drug-likeness (QED) is 0.761. The largest absolute Gasteiger partial charge is 0.489 e. The number of aryl methyl sites for hydroxylation is 1. The lowest BCUT2D eigenvalue weighted by molar-refractivity contribution is 0.305. The first-order valence-corrected chi connectivity index (χ1v) is 6.22. The van der Waals surface area contributed by atoms with Gasteiger partial charge in [0.2, 0.25) is 0 Å². The molecule has 2 heteroatoms. The van der Waals surface area contributed by atoms with Gasteiger partial charge in [-0.3, -0.25) is 0 Å². The maximum atomic E-state index is 5.79. The first-order chi connectivity index (χ1) is 8.83. The Morgan fingerprint density at radius 1 is 1.11 bits per heavy atom. The van der Waals surface area contributed by atoms with E-state index in [0.29, 0.717) is 12.7 Å². The minimum Gasteiger partial charge on any atom is -0.489 e. The lowest BCUT2D eigenvalue weighted by Gasteiger charge is -2.08. The lowest BCUT2D eigenvalue weighted by atomic mass is 10.1. The SMILES string of the molecule is Cc1ccccc1COc1ccc([C@H]2CO2)cc1. The van der Waals surface area contributed by atoms with Crippen molar-refractivity contribution in [3.8, 4) is 5.75 Å². The van der Waals surface area contributed by atoms with E-state index < -0.39 is 0 Å². The summed E-state index contributed by atoms with van der Waals surface area (Å²) in [7, 11) is 0. The monoisotopic (exact) mass is 240 g/mol. The van der Waals surface area contributed by atoms with E-state index in [-0.39, 0.29) is 0 Å².